The minimum Gasteiger partial charge on any atom is -0.461 e. The molecule has 2 unspecified atom stereocenters. The van der Waals surface area contributed by atoms with E-state index in [1.165, 1.54) is 0 Å². The lowest BCUT2D eigenvalue weighted by Crippen LogP contribution is -2.29. The zero-order valence-corrected chi connectivity index (χ0v) is 11.4. The fourth-order valence-corrected chi connectivity index (χ4v) is 1.90. The molecule has 2 aliphatic rings. The number of hydrogen-bond acceptors (Lipinski definition) is 4. The van der Waals surface area contributed by atoms with Gasteiger partial charge in [0.1, 0.15) is 13.2 Å². The maximum Gasteiger partial charge on any atom is 0.286 e. The van der Waals surface area contributed by atoms with Crippen LogP contribution in [0, 0.1) is 0 Å². The molecular weight excluding hydrogens is 414 g/mol. The van der Waals surface area contributed by atoms with Crippen LogP contribution in [0.5, 0.6) is 0 Å². The average Bonchev–Trinajstić information content (AvgIpc) is 2.86. The standard InChI is InChI=1S/C8H8I2O4/c9-1-7-11-3-5(13-7)6-4-12-8(2-10)14-6/h1-2,5-6H,3-4H2/b7-1-,8-2+. The molecule has 0 saturated carbocycles. The number of rotatable bonds is 1. The summed E-state index contributed by atoms with van der Waals surface area (Å²) in [6.07, 6.45) is -0.130. The Hall–Kier alpha value is 0.140. The molecule has 0 N–H and O–H groups in total. The zero-order valence-electron chi connectivity index (χ0n) is 7.11. The summed E-state index contributed by atoms with van der Waals surface area (Å²) in [5.74, 6) is 1.12. The summed E-state index contributed by atoms with van der Waals surface area (Å²) in [5, 5.41) is 0. The second-order valence-electron chi connectivity index (χ2n) is 2.79. The van der Waals surface area contributed by atoms with Gasteiger partial charge in [-0.15, -0.1) is 0 Å². The van der Waals surface area contributed by atoms with Crippen molar-refractivity contribution in [3.05, 3.63) is 20.1 Å². The summed E-state index contributed by atoms with van der Waals surface area (Å²) in [4.78, 5) is 0. The van der Waals surface area contributed by atoms with Gasteiger partial charge in [0.05, 0.1) is 8.17 Å². The number of halogens is 2. The molecule has 0 aromatic heterocycles. The van der Waals surface area contributed by atoms with Crippen molar-refractivity contribution in [1.29, 1.82) is 0 Å². The number of hydrogen-bond donors (Lipinski definition) is 0. The van der Waals surface area contributed by atoms with Crippen LogP contribution in [-0.4, -0.2) is 25.4 Å². The first-order valence-electron chi connectivity index (χ1n) is 4.03. The molecule has 78 valence electrons. The number of ether oxygens (including phenoxy) is 4. The third kappa shape index (κ3) is 2.20. The third-order valence-electron chi connectivity index (χ3n) is 1.91. The molecule has 2 rings (SSSR count). The summed E-state index contributed by atoms with van der Waals surface area (Å²) in [7, 11) is 0. The first-order chi connectivity index (χ1) is 6.83. The molecule has 0 bridgehead atoms. The molecule has 0 amide bonds. The van der Waals surface area contributed by atoms with Gasteiger partial charge in [-0.05, 0) is 45.2 Å². The Morgan fingerprint density at radius 2 is 1.36 bits per heavy atom. The molecule has 2 saturated heterocycles. The van der Waals surface area contributed by atoms with Crippen molar-refractivity contribution in [3.63, 3.8) is 0 Å². The van der Waals surface area contributed by atoms with Crippen molar-refractivity contribution in [2.75, 3.05) is 13.2 Å². The van der Waals surface area contributed by atoms with Crippen molar-refractivity contribution in [2.45, 2.75) is 12.2 Å². The fourth-order valence-electron chi connectivity index (χ4n) is 1.24. The Balaban J connectivity index is 1.92. The van der Waals surface area contributed by atoms with E-state index in [1.54, 1.807) is 8.17 Å². The molecule has 2 heterocycles. The lowest BCUT2D eigenvalue weighted by Gasteiger charge is -2.11. The van der Waals surface area contributed by atoms with Gasteiger partial charge in [0.2, 0.25) is 0 Å². The molecule has 4 nitrogen and oxygen atoms in total. The Morgan fingerprint density at radius 1 is 0.929 bits per heavy atom. The minimum absolute atomic E-state index is 0.0649. The van der Waals surface area contributed by atoms with E-state index >= 15 is 0 Å². The van der Waals surface area contributed by atoms with Gasteiger partial charge in [-0.3, -0.25) is 0 Å². The second kappa shape index (κ2) is 4.77. The fraction of sp³-hybridized carbons (Fsp3) is 0.500. The van der Waals surface area contributed by atoms with Crippen LogP contribution in [-0.2, 0) is 18.9 Å². The maximum atomic E-state index is 5.48. The summed E-state index contributed by atoms with van der Waals surface area (Å²) in [5.41, 5.74) is 0. The topological polar surface area (TPSA) is 36.9 Å². The first-order valence-corrected chi connectivity index (χ1v) is 6.52. The van der Waals surface area contributed by atoms with Crippen molar-refractivity contribution in [1.82, 2.24) is 0 Å². The monoisotopic (exact) mass is 422 g/mol. The summed E-state index contributed by atoms with van der Waals surface area (Å²) >= 11 is 4.15. The van der Waals surface area contributed by atoms with Gasteiger partial charge < -0.3 is 18.9 Å². The SMILES string of the molecule is I/C=C1/OCC(C2CO/C(=C\I)O2)O1. The summed E-state index contributed by atoms with van der Waals surface area (Å²) in [6.45, 7) is 1.05. The van der Waals surface area contributed by atoms with Crippen LogP contribution >= 0.6 is 45.2 Å². The highest BCUT2D eigenvalue weighted by molar-refractivity contribution is 14.1. The van der Waals surface area contributed by atoms with Crippen LogP contribution < -0.4 is 0 Å². The van der Waals surface area contributed by atoms with E-state index in [-0.39, 0.29) is 12.2 Å². The van der Waals surface area contributed by atoms with E-state index in [4.69, 9.17) is 18.9 Å². The minimum atomic E-state index is -0.0649. The van der Waals surface area contributed by atoms with E-state index < -0.39 is 0 Å². The van der Waals surface area contributed by atoms with E-state index in [1.807, 2.05) is 0 Å². The van der Waals surface area contributed by atoms with E-state index in [9.17, 15) is 0 Å². The highest BCUT2D eigenvalue weighted by atomic mass is 127. The van der Waals surface area contributed by atoms with Crippen molar-refractivity contribution < 1.29 is 18.9 Å². The Morgan fingerprint density at radius 3 is 1.64 bits per heavy atom. The predicted octanol–water partition coefficient (Wildman–Crippen LogP) is 2.29. The maximum absolute atomic E-state index is 5.48. The van der Waals surface area contributed by atoms with Crippen LogP contribution in [0.1, 0.15) is 0 Å². The molecular formula is C8H8I2O4. The van der Waals surface area contributed by atoms with Crippen molar-refractivity contribution in [3.8, 4) is 0 Å². The molecule has 0 radical (unpaired) electrons. The van der Waals surface area contributed by atoms with Gasteiger partial charge in [-0.2, -0.15) is 0 Å². The Kier molecular flexibility index (Phi) is 3.63. The van der Waals surface area contributed by atoms with Gasteiger partial charge >= 0.3 is 0 Å². The predicted molar refractivity (Wildman–Crippen MR) is 65.9 cm³/mol. The van der Waals surface area contributed by atoms with Gasteiger partial charge in [-0.1, -0.05) is 0 Å². The second-order valence-corrected chi connectivity index (χ2v) is 4.04. The van der Waals surface area contributed by atoms with Crippen LogP contribution in [0.25, 0.3) is 0 Å². The van der Waals surface area contributed by atoms with Crippen LogP contribution in [0.15, 0.2) is 20.1 Å². The van der Waals surface area contributed by atoms with E-state index in [0.29, 0.717) is 25.1 Å². The lowest BCUT2D eigenvalue weighted by atomic mass is 10.2. The molecule has 0 aliphatic carbocycles. The lowest BCUT2D eigenvalue weighted by molar-refractivity contribution is 0.0328. The molecule has 6 heteroatoms. The van der Waals surface area contributed by atoms with Crippen molar-refractivity contribution in [2.24, 2.45) is 0 Å². The molecule has 14 heavy (non-hydrogen) atoms. The molecule has 2 fully saturated rings. The average molecular weight is 422 g/mol. The normalized spacial score (nSPS) is 36.4. The van der Waals surface area contributed by atoms with Gasteiger partial charge in [0.25, 0.3) is 11.9 Å². The molecule has 0 aromatic carbocycles. The highest BCUT2D eigenvalue weighted by Crippen LogP contribution is 2.26. The quantitative estimate of drug-likeness (QED) is 0.609. The highest BCUT2D eigenvalue weighted by Gasteiger charge is 2.36. The smallest absolute Gasteiger partial charge is 0.286 e. The summed E-state index contributed by atoms with van der Waals surface area (Å²) in [6, 6.07) is 0. The van der Waals surface area contributed by atoms with Crippen LogP contribution in [0.3, 0.4) is 0 Å². The van der Waals surface area contributed by atoms with Crippen LogP contribution in [0.4, 0.5) is 0 Å². The summed E-state index contributed by atoms with van der Waals surface area (Å²) < 4.78 is 25.0. The van der Waals surface area contributed by atoms with Gasteiger partial charge in [-0.25, -0.2) is 0 Å². The Bertz CT molecular complexity index is 249. The molecule has 0 aromatic rings. The Labute approximate surface area is 109 Å². The molecule has 2 atom stereocenters. The van der Waals surface area contributed by atoms with Crippen LogP contribution in [0.2, 0.25) is 0 Å². The van der Waals surface area contributed by atoms with Crippen molar-refractivity contribution >= 4 is 45.2 Å². The largest absolute Gasteiger partial charge is 0.461 e. The van der Waals surface area contributed by atoms with E-state index in [2.05, 4.69) is 45.2 Å². The zero-order chi connectivity index (χ0) is 9.97. The van der Waals surface area contributed by atoms with Gasteiger partial charge in [0, 0.05) is 0 Å². The van der Waals surface area contributed by atoms with E-state index in [0.717, 1.165) is 0 Å². The molecule has 2 aliphatic heterocycles. The molecule has 0 spiro atoms. The third-order valence-corrected chi connectivity index (χ3v) is 2.92. The van der Waals surface area contributed by atoms with Gasteiger partial charge in [0.15, 0.2) is 12.2 Å². The first kappa shape index (κ1) is 10.7.